The van der Waals surface area contributed by atoms with Crippen LogP contribution in [0.15, 0.2) is 18.2 Å². The fourth-order valence-electron chi connectivity index (χ4n) is 3.70. The molecule has 2 fully saturated rings. The summed E-state index contributed by atoms with van der Waals surface area (Å²) in [5.74, 6) is -0.103. The van der Waals surface area contributed by atoms with E-state index in [4.69, 9.17) is 9.47 Å². The number of likely N-dealkylation sites (tertiary alicyclic amines) is 1. The number of ether oxygens (including phenoxy) is 2. The van der Waals surface area contributed by atoms with Crippen LogP contribution >= 0.6 is 0 Å². The molecule has 0 unspecified atom stereocenters. The number of methoxy groups -OCH3 is 1. The normalized spacial score (nSPS) is 26.2. The number of fused-ring (bicyclic) bond motifs is 1. The molecular weight excluding hydrogens is 295 g/mol. The Balaban J connectivity index is 1.65. The number of rotatable bonds is 5. The summed E-state index contributed by atoms with van der Waals surface area (Å²) < 4.78 is 25.2. The quantitative estimate of drug-likeness (QED) is 0.828. The zero-order valence-corrected chi connectivity index (χ0v) is 14.1. The minimum Gasteiger partial charge on any atom is -0.383 e. The lowest BCUT2D eigenvalue weighted by Crippen LogP contribution is -2.60. The Morgan fingerprint density at radius 2 is 2.22 bits per heavy atom. The Kier molecular flexibility index (Phi) is 5.64. The summed E-state index contributed by atoms with van der Waals surface area (Å²) in [5.41, 5.74) is 1.91. The second kappa shape index (κ2) is 7.71. The molecule has 4 nitrogen and oxygen atoms in total. The largest absolute Gasteiger partial charge is 0.383 e. The van der Waals surface area contributed by atoms with Gasteiger partial charge in [0.15, 0.2) is 0 Å². The summed E-state index contributed by atoms with van der Waals surface area (Å²) in [7, 11) is 1.74. The van der Waals surface area contributed by atoms with Gasteiger partial charge in [0.05, 0.1) is 19.3 Å². The first-order chi connectivity index (χ1) is 11.2. The van der Waals surface area contributed by atoms with Gasteiger partial charge in [-0.15, -0.1) is 0 Å². The molecule has 0 radical (unpaired) electrons. The van der Waals surface area contributed by atoms with Crippen LogP contribution in [0.1, 0.15) is 17.5 Å². The second-order valence-electron chi connectivity index (χ2n) is 6.62. The van der Waals surface area contributed by atoms with E-state index in [0.29, 0.717) is 18.7 Å². The van der Waals surface area contributed by atoms with Crippen molar-refractivity contribution in [2.24, 2.45) is 0 Å². The van der Waals surface area contributed by atoms with Crippen LogP contribution in [0, 0.1) is 12.7 Å². The molecule has 0 aromatic heterocycles. The Bertz CT molecular complexity index is 526. The minimum atomic E-state index is -0.103. The molecule has 2 aliphatic heterocycles. The maximum absolute atomic E-state index is 14.0. The summed E-state index contributed by atoms with van der Waals surface area (Å²) in [6.45, 7) is 8.03. The molecule has 0 bridgehead atoms. The molecule has 2 heterocycles. The fourth-order valence-corrected chi connectivity index (χ4v) is 3.70. The van der Waals surface area contributed by atoms with E-state index in [1.807, 2.05) is 19.1 Å². The maximum Gasteiger partial charge on any atom is 0.127 e. The Morgan fingerprint density at radius 1 is 1.35 bits per heavy atom. The Labute approximate surface area is 138 Å². The number of nitrogens with zero attached hydrogens (tertiary/aromatic N) is 2. The predicted octanol–water partition coefficient (Wildman–Crippen LogP) is 2.06. The van der Waals surface area contributed by atoms with E-state index in [9.17, 15) is 4.39 Å². The van der Waals surface area contributed by atoms with E-state index in [2.05, 4.69) is 9.80 Å². The van der Waals surface area contributed by atoms with Crippen molar-refractivity contribution in [3.05, 3.63) is 35.1 Å². The van der Waals surface area contributed by atoms with Gasteiger partial charge >= 0.3 is 0 Å². The van der Waals surface area contributed by atoms with Gasteiger partial charge in [-0.3, -0.25) is 9.80 Å². The van der Waals surface area contributed by atoms with Gasteiger partial charge in [-0.05, 0) is 19.4 Å². The highest BCUT2D eigenvalue weighted by Gasteiger charge is 2.36. The topological polar surface area (TPSA) is 24.9 Å². The predicted molar refractivity (Wildman–Crippen MR) is 88.0 cm³/mol. The summed E-state index contributed by atoms with van der Waals surface area (Å²) >= 11 is 0. The number of aryl methyl sites for hydroxylation is 1. The van der Waals surface area contributed by atoms with Gasteiger partial charge in [0, 0.05) is 51.4 Å². The van der Waals surface area contributed by atoms with Crippen LogP contribution in [0.5, 0.6) is 0 Å². The SMILES string of the molecule is COCCN1CCO[C@H]2CCN(Cc3cc(C)ccc3F)C[C@@H]21. The number of piperidine rings is 1. The summed E-state index contributed by atoms with van der Waals surface area (Å²) in [4.78, 5) is 4.82. The summed E-state index contributed by atoms with van der Waals surface area (Å²) in [5, 5.41) is 0. The third kappa shape index (κ3) is 4.10. The van der Waals surface area contributed by atoms with Gasteiger partial charge in [0.1, 0.15) is 5.82 Å². The first-order valence-corrected chi connectivity index (χ1v) is 8.49. The molecule has 0 saturated carbocycles. The van der Waals surface area contributed by atoms with Crippen LogP contribution in [0.4, 0.5) is 4.39 Å². The van der Waals surface area contributed by atoms with E-state index >= 15 is 0 Å². The highest BCUT2D eigenvalue weighted by molar-refractivity contribution is 5.24. The third-order valence-electron chi connectivity index (χ3n) is 4.96. The van der Waals surface area contributed by atoms with Gasteiger partial charge in [-0.2, -0.15) is 0 Å². The van der Waals surface area contributed by atoms with Crippen molar-refractivity contribution in [3.63, 3.8) is 0 Å². The van der Waals surface area contributed by atoms with Crippen LogP contribution in [0.25, 0.3) is 0 Å². The van der Waals surface area contributed by atoms with Crippen molar-refractivity contribution in [3.8, 4) is 0 Å². The van der Waals surface area contributed by atoms with Gasteiger partial charge in [0.25, 0.3) is 0 Å². The average Bonchev–Trinajstić information content (AvgIpc) is 2.56. The zero-order chi connectivity index (χ0) is 16.2. The van der Waals surface area contributed by atoms with Crippen molar-refractivity contribution < 1.29 is 13.9 Å². The van der Waals surface area contributed by atoms with Crippen LogP contribution in [-0.2, 0) is 16.0 Å². The molecule has 5 heteroatoms. The van der Waals surface area contributed by atoms with Gasteiger partial charge in [0.2, 0.25) is 0 Å². The molecule has 23 heavy (non-hydrogen) atoms. The standard InChI is InChI=1S/C18H27FN2O2/c1-14-3-4-16(19)15(11-14)12-20-6-5-18-17(13-20)21(7-9-22-2)8-10-23-18/h3-4,11,17-18H,5-10,12-13H2,1-2H3/t17-,18-/m0/s1. The Morgan fingerprint density at radius 3 is 3.04 bits per heavy atom. The van der Waals surface area contributed by atoms with E-state index < -0.39 is 0 Å². The average molecular weight is 322 g/mol. The molecule has 3 rings (SSSR count). The highest BCUT2D eigenvalue weighted by Crippen LogP contribution is 2.24. The number of morpholine rings is 1. The fraction of sp³-hybridized carbons (Fsp3) is 0.667. The summed E-state index contributed by atoms with van der Waals surface area (Å²) in [6.07, 6.45) is 1.32. The number of hydrogen-bond acceptors (Lipinski definition) is 4. The van der Waals surface area contributed by atoms with Crippen LogP contribution < -0.4 is 0 Å². The highest BCUT2D eigenvalue weighted by atomic mass is 19.1. The third-order valence-corrected chi connectivity index (χ3v) is 4.96. The van der Waals surface area contributed by atoms with Crippen LogP contribution in [0.3, 0.4) is 0 Å². The van der Waals surface area contributed by atoms with Crippen LogP contribution in [-0.4, -0.2) is 68.4 Å². The van der Waals surface area contributed by atoms with E-state index in [1.165, 1.54) is 0 Å². The van der Waals surface area contributed by atoms with E-state index in [-0.39, 0.29) is 5.82 Å². The molecule has 0 spiro atoms. The van der Waals surface area contributed by atoms with Crippen molar-refractivity contribution in [2.75, 3.05) is 46.5 Å². The molecule has 2 saturated heterocycles. The van der Waals surface area contributed by atoms with E-state index in [1.54, 1.807) is 13.2 Å². The summed E-state index contributed by atoms with van der Waals surface area (Å²) in [6, 6.07) is 5.75. The zero-order valence-electron chi connectivity index (χ0n) is 14.1. The lowest BCUT2D eigenvalue weighted by atomic mass is 9.98. The molecule has 0 amide bonds. The van der Waals surface area contributed by atoms with Crippen molar-refractivity contribution in [2.45, 2.75) is 32.0 Å². The van der Waals surface area contributed by atoms with Gasteiger partial charge in [-0.25, -0.2) is 4.39 Å². The Hall–Kier alpha value is -1.01. The van der Waals surface area contributed by atoms with E-state index in [0.717, 1.165) is 56.9 Å². The molecular formula is C18H27FN2O2. The monoisotopic (exact) mass is 322 g/mol. The molecule has 128 valence electrons. The lowest BCUT2D eigenvalue weighted by molar-refractivity contribution is -0.107. The molecule has 1 aromatic rings. The minimum absolute atomic E-state index is 0.103. The van der Waals surface area contributed by atoms with Crippen LogP contribution in [0.2, 0.25) is 0 Å². The molecule has 0 N–H and O–H groups in total. The van der Waals surface area contributed by atoms with Crippen molar-refractivity contribution >= 4 is 0 Å². The van der Waals surface area contributed by atoms with Gasteiger partial charge < -0.3 is 9.47 Å². The van der Waals surface area contributed by atoms with Crippen molar-refractivity contribution in [1.82, 2.24) is 9.80 Å². The van der Waals surface area contributed by atoms with Crippen molar-refractivity contribution in [1.29, 1.82) is 0 Å². The van der Waals surface area contributed by atoms with Gasteiger partial charge in [-0.1, -0.05) is 17.7 Å². The molecule has 1 aromatic carbocycles. The molecule has 2 aliphatic rings. The number of hydrogen-bond donors (Lipinski definition) is 0. The second-order valence-corrected chi connectivity index (χ2v) is 6.62. The number of halogens is 1. The first-order valence-electron chi connectivity index (χ1n) is 8.49. The first kappa shape index (κ1) is 16.8. The molecule has 2 atom stereocenters. The smallest absolute Gasteiger partial charge is 0.127 e. The number of benzene rings is 1. The molecule has 0 aliphatic carbocycles. The lowest BCUT2D eigenvalue weighted by Gasteiger charge is -2.47. The maximum atomic E-state index is 14.0.